The van der Waals surface area contributed by atoms with Crippen LogP contribution in [0, 0.1) is 5.92 Å². The molecule has 1 rings (SSSR count). The van der Waals surface area contributed by atoms with Crippen molar-refractivity contribution in [3.05, 3.63) is 0 Å². The van der Waals surface area contributed by atoms with Gasteiger partial charge in [0.1, 0.15) is 0 Å². The summed E-state index contributed by atoms with van der Waals surface area (Å²) in [7, 11) is 0. The van der Waals surface area contributed by atoms with Crippen LogP contribution in [0.5, 0.6) is 0 Å². The summed E-state index contributed by atoms with van der Waals surface area (Å²) < 4.78 is 0. The summed E-state index contributed by atoms with van der Waals surface area (Å²) in [5.41, 5.74) is 3.55. The Labute approximate surface area is 76.3 Å². The van der Waals surface area contributed by atoms with Gasteiger partial charge in [-0.25, -0.2) is 5.01 Å². The highest BCUT2D eigenvalue weighted by Crippen LogP contribution is 2.08. The minimum Gasteiger partial charge on any atom is -0.252 e. The van der Waals surface area contributed by atoms with Crippen molar-refractivity contribution < 1.29 is 0 Å². The van der Waals surface area contributed by atoms with E-state index in [1.54, 1.807) is 0 Å². The molecule has 0 bridgehead atoms. The van der Waals surface area contributed by atoms with Crippen LogP contribution in [0.25, 0.3) is 0 Å². The summed E-state index contributed by atoms with van der Waals surface area (Å²) in [6.45, 7) is 9.26. The highest BCUT2D eigenvalue weighted by Gasteiger charge is 2.13. The Kier molecular flexibility index (Phi) is 4.02. The zero-order valence-corrected chi connectivity index (χ0v) is 8.64. The van der Waals surface area contributed by atoms with Gasteiger partial charge in [-0.3, -0.25) is 5.43 Å². The molecule has 1 heterocycles. The van der Waals surface area contributed by atoms with Crippen LogP contribution in [0.2, 0.25) is 0 Å². The summed E-state index contributed by atoms with van der Waals surface area (Å²) in [6.07, 6.45) is 4.13. The van der Waals surface area contributed by atoms with Crippen LogP contribution in [-0.2, 0) is 0 Å². The van der Waals surface area contributed by atoms with Crippen molar-refractivity contribution in [1.82, 2.24) is 10.4 Å². The fraction of sp³-hybridized carbons (Fsp3) is 1.00. The van der Waals surface area contributed by atoms with E-state index in [0.29, 0.717) is 6.04 Å². The van der Waals surface area contributed by atoms with Crippen molar-refractivity contribution >= 4 is 0 Å². The second-order valence-electron chi connectivity index (χ2n) is 4.21. The number of piperidine rings is 1. The number of nitrogens with one attached hydrogen (secondary N) is 1. The molecule has 72 valence electrons. The topological polar surface area (TPSA) is 15.3 Å². The molecule has 2 nitrogen and oxygen atoms in total. The summed E-state index contributed by atoms with van der Waals surface area (Å²) in [5.74, 6) is 0.729. The number of hydrogen-bond acceptors (Lipinski definition) is 2. The van der Waals surface area contributed by atoms with Crippen LogP contribution in [0.3, 0.4) is 0 Å². The van der Waals surface area contributed by atoms with Crippen molar-refractivity contribution in [2.45, 2.75) is 46.1 Å². The maximum Gasteiger partial charge on any atom is 0.0210 e. The Balaban J connectivity index is 2.20. The third kappa shape index (κ3) is 3.11. The van der Waals surface area contributed by atoms with Gasteiger partial charge in [0.25, 0.3) is 0 Å². The zero-order valence-electron chi connectivity index (χ0n) is 8.64. The predicted molar refractivity (Wildman–Crippen MR) is 52.9 cm³/mol. The lowest BCUT2D eigenvalue weighted by atomic mass is 10.1. The Hall–Kier alpha value is -0.0800. The third-order valence-corrected chi connectivity index (χ3v) is 2.74. The van der Waals surface area contributed by atoms with Crippen molar-refractivity contribution in [2.24, 2.45) is 5.92 Å². The van der Waals surface area contributed by atoms with Crippen LogP contribution in [0.1, 0.15) is 40.0 Å². The molecular formula is C10H22N2. The van der Waals surface area contributed by atoms with E-state index in [4.69, 9.17) is 0 Å². The Morgan fingerprint density at radius 2 is 1.58 bits per heavy atom. The maximum absolute atomic E-state index is 3.55. The molecule has 0 aromatic carbocycles. The first-order valence-electron chi connectivity index (χ1n) is 5.21. The lowest BCUT2D eigenvalue weighted by molar-refractivity contribution is 0.119. The van der Waals surface area contributed by atoms with E-state index in [9.17, 15) is 0 Å². The molecule has 1 unspecified atom stereocenters. The Bertz CT molecular complexity index is 117. The summed E-state index contributed by atoms with van der Waals surface area (Å²) in [4.78, 5) is 0. The van der Waals surface area contributed by atoms with Gasteiger partial charge in [-0.2, -0.15) is 0 Å². The highest BCUT2D eigenvalue weighted by atomic mass is 15.5. The standard InChI is InChI=1S/C10H22N2/c1-9(2)10(3)11-12-7-5-4-6-8-12/h9-11H,4-8H2,1-3H3. The lowest BCUT2D eigenvalue weighted by Gasteiger charge is -2.31. The van der Waals surface area contributed by atoms with E-state index in [2.05, 4.69) is 31.2 Å². The molecule has 1 fully saturated rings. The molecule has 0 aliphatic carbocycles. The molecule has 2 heteroatoms. The predicted octanol–water partition coefficient (Wildman–Crippen LogP) is 2.02. The van der Waals surface area contributed by atoms with E-state index < -0.39 is 0 Å². The molecule has 1 saturated heterocycles. The van der Waals surface area contributed by atoms with Crippen molar-refractivity contribution in [1.29, 1.82) is 0 Å². The fourth-order valence-electron chi connectivity index (χ4n) is 1.46. The van der Waals surface area contributed by atoms with Crippen molar-refractivity contribution in [3.63, 3.8) is 0 Å². The number of nitrogens with zero attached hydrogens (tertiary/aromatic N) is 1. The van der Waals surface area contributed by atoms with E-state index in [1.807, 2.05) is 0 Å². The van der Waals surface area contributed by atoms with Crippen LogP contribution < -0.4 is 5.43 Å². The second kappa shape index (κ2) is 4.83. The van der Waals surface area contributed by atoms with Gasteiger partial charge in [0.2, 0.25) is 0 Å². The van der Waals surface area contributed by atoms with E-state index in [-0.39, 0.29) is 0 Å². The molecule has 0 saturated carbocycles. The van der Waals surface area contributed by atoms with E-state index >= 15 is 0 Å². The molecule has 0 aromatic heterocycles. The minimum absolute atomic E-state index is 0.614. The Morgan fingerprint density at radius 3 is 2.08 bits per heavy atom. The van der Waals surface area contributed by atoms with Gasteiger partial charge in [-0.1, -0.05) is 20.3 Å². The summed E-state index contributed by atoms with van der Waals surface area (Å²) in [6, 6.07) is 0.614. The fourth-order valence-corrected chi connectivity index (χ4v) is 1.46. The first kappa shape index (κ1) is 10.0. The molecular weight excluding hydrogens is 148 g/mol. The molecule has 1 aliphatic rings. The smallest absolute Gasteiger partial charge is 0.0210 e. The SMILES string of the molecule is CC(C)C(C)NN1CCCCC1. The highest BCUT2D eigenvalue weighted by molar-refractivity contribution is 4.66. The average molecular weight is 170 g/mol. The molecule has 12 heavy (non-hydrogen) atoms. The van der Waals surface area contributed by atoms with E-state index in [1.165, 1.54) is 32.4 Å². The summed E-state index contributed by atoms with van der Waals surface area (Å²) >= 11 is 0. The zero-order chi connectivity index (χ0) is 8.97. The third-order valence-electron chi connectivity index (χ3n) is 2.74. The molecule has 0 amide bonds. The Morgan fingerprint density at radius 1 is 1.00 bits per heavy atom. The van der Waals surface area contributed by atoms with Crippen LogP contribution >= 0.6 is 0 Å². The van der Waals surface area contributed by atoms with Gasteiger partial charge in [-0.15, -0.1) is 0 Å². The van der Waals surface area contributed by atoms with Crippen molar-refractivity contribution in [2.75, 3.05) is 13.1 Å². The molecule has 0 aromatic rings. The molecule has 1 N–H and O–H groups in total. The molecule has 1 atom stereocenters. The average Bonchev–Trinajstić information content (AvgIpc) is 2.06. The van der Waals surface area contributed by atoms with Gasteiger partial charge in [0, 0.05) is 19.1 Å². The first-order valence-corrected chi connectivity index (χ1v) is 5.21. The number of hydrogen-bond donors (Lipinski definition) is 1. The van der Waals surface area contributed by atoms with E-state index in [0.717, 1.165) is 5.92 Å². The summed E-state index contributed by atoms with van der Waals surface area (Å²) in [5, 5.41) is 2.38. The normalized spacial score (nSPS) is 23.0. The van der Waals surface area contributed by atoms with Gasteiger partial charge in [-0.05, 0) is 25.7 Å². The number of rotatable bonds is 3. The molecule has 0 radical (unpaired) electrons. The van der Waals surface area contributed by atoms with Gasteiger partial charge < -0.3 is 0 Å². The van der Waals surface area contributed by atoms with Crippen LogP contribution in [0.15, 0.2) is 0 Å². The first-order chi connectivity index (χ1) is 5.70. The second-order valence-corrected chi connectivity index (χ2v) is 4.21. The van der Waals surface area contributed by atoms with Crippen LogP contribution in [-0.4, -0.2) is 24.1 Å². The monoisotopic (exact) mass is 170 g/mol. The molecule has 0 spiro atoms. The van der Waals surface area contributed by atoms with Gasteiger partial charge in [0.05, 0.1) is 0 Å². The minimum atomic E-state index is 0.614. The quantitative estimate of drug-likeness (QED) is 0.697. The maximum atomic E-state index is 3.55. The largest absolute Gasteiger partial charge is 0.252 e. The number of hydrazine groups is 1. The van der Waals surface area contributed by atoms with Crippen LogP contribution in [0.4, 0.5) is 0 Å². The van der Waals surface area contributed by atoms with Crippen molar-refractivity contribution in [3.8, 4) is 0 Å². The lowest BCUT2D eigenvalue weighted by Crippen LogP contribution is -2.47. The van der Waals surface area contributed by atoms with Gasteiger partial charge >= 0.3 is 0 Å². The van der Waals surface area contributed by atoms with Gasteiger partial charge in [0.15, 0.2) is 0 Å². The molecule has 1 aliphatic heterocycles.